The summed E-state index contributed by atoms with van der Waals surface area (Å²) in [6, 6.07) is 10.2. The van der Waals surface area contributed by atoms with Gasteiger partial charge < -0.3 is 5.32 Å². The Balaban J connectivity index is 1.89. The summed E-state index contributed by atoms with van der Waals surface area (Å²) in [7, 11) is 0. The second-order valence-corrected chi connectivity index (χ2v) is 7.46. The second kappa shape index (κ2) is 8.58. The average molecular weight is 392 g/mol. The topological polar surface area (TPSA) is 36.4 Å². The van der Waals surface area contributed by atoms with Crippen LogP contribution in [0.1, 0.15) is 11.8 Å². The number of hydrazone groups is 1. The van der Waals surface area contributed by atoms with Crippen LogP contribution >= 0.6 is 46.9 Å². The van der Waals surface area contributed by atoms with Gasteiger partial charge in [-0.3, -0.25) is 5.43 Å². The highest BCUT2D eigenvalue weighted by molar-refractivity contribution is 7.99. The third-order valence-electron chi connectivity index (χ3n) is 2.59. The first kappa shape index (κ1) is 18.1. The Labute approximate surface area is 151 Å². The number of nitrogens with zero attached hydrogens (tertiary/aromatic N) is 1. The molecule has 0 amide bonds. The van der Waals surface area contributed by atoms with Crippen molar-refractivity contribution in [1.82, 2.24) is 5.43 Å². The van der Waals surface area contributed by atoms with E-state index in [1.807, 2.05) is 13.0 Å². The molecule has 0 saturated carbocycles. The molecule has 1 aromatic heterocycles. The van der Waals surface area contributed by atoms with Crippen molar-refractivity contribution in [2.45, 2.75) is 17.6 Å². The van der Waals surface area contributed by atoms with E-state index >= 15 is 0 Å². The van der Waals surface area contributed by atoms with Gasteiger partial charge in [0.1, 0.15) is 0 Å². The first-order valence-electron chi connectivity index (χ1n) is 6.36. The molecular formula is C14H12ClF2N3S3. The maximum absolute atomic E-state index is 12.2. The third kappa shape index (κ3) is 6.06. The summed E-state index contributed by atoms with van der Waals surface area (Å²) in [5.41, 5.74) is 4.18. The fraction of sp³-hybridized carbons (Fsp3) is 0.143. The minimum Gasteiger partial charge on any atom is -0.331 e. The van der Waals surface area contributed by atoms with Gasteiger partial charge in [0.05, 0.1) is 14.9 Å². The average Bonchev–Trinajstić information content (AvgIpc) is 2.93. The summed E-state index contributed by atoms with van der Waals surface area (Å²) in [4.78, 5) is 1.44. The maximum Gasteiger partial charge on any atom is 0.288 e. The van der Waals surface area contributed by atoms with Crippen molar-refractivity contribution in [2.24, 2.45) is 5.10 Å². The molecule has 0 saturated heterocycles. The fourth-order valence-corrected chi connectivity index (χ4v) is 3.23. The van der Waals surface area contributed by atoms with Crippen molar-refractivity contribution in [3.8, 4) is 0 Å². The maximum atomic E-state index is 12.2. The van der Waals surface area contributed by atoms with Gasteiger partial charge in [-0.1, -0.05) is 23.4 Å². The summed E-state index contributed by atoms with van der Waals surface area (Å²) < 4.78 is 25.2. The van der Waals surface area contributed by atoms with E-state index in [9.17, 15) is 8.78 Å². The SMILES string of the molecule is C/C(=N/NC(=S)Nc1ccc(SC(F)F)cc1)c1ccc(Cl)s1. The quantitative estimate of drug-likeness (QED) is 0.308. The summed E-state index contributed by atoms with van der Waals surface area (Å²) in [6.07, 6.45) is 0. The van der Waals surface area contributed by atoms with Crippen molar-refractivity contribution in [3.05, 3.63) is 45.6 Å². The number of hydrogen-bond donors (Lipinski definition) is 2. The van der Waals surface area contributed by atoms with Crippen LogP contribution in [0.5, 0.6) is 0 Å². The minimum atomic E-state index is -2.43. The summed E-state index contributed by atoms with van der Waals surface area (Å²) in [6.45, 7) is 1.84. The molecule has 0 fully saturated rings. The third-order valence-corrected chi connectivity index (χ3v) is 4.85. The van der Waals surface area contributed by atoms with Gasteiger partial charge in [0.15, 0.2) is 5.11 Å². The van der Waals surface area contributed by atoms with Crippen molar-refractivity contribution in [3.63, 3.8) is 0 Å². The van der Waals surface area contributed by atoms with E-state index in [1.54, 1.807) is 30.3 Å². The van der Waals surface area contributed by atoms with Crippen LogP contribution in [0.3, 0.4) is 0 Å². The number of anilines is 1. The van der Waals surface area contributed by atoms with Gasteiger partial charge in [0, 0.05) is 10.6 Å². The van der Waals surface area contributed by atoms with Gasteiger partial charge in [-0.05, 0) is 55.5 Å². The Hall–Kier alpha value is -1.22. The van der Waals surface area contributed by atoms with Crippen LogP contribution in [-0.2, 0) is 0 Å². The lowest BCUT2D eigenvalue weighted by Crippen LogP contribution is -2.24. The molecule has 3 nitrogen and oxygen atoms in total. The molecule has 0 aliphatic rings. The van der Waals surface area contributed by atoms with E-state index in [0.717, 1.165) is 10.6 Å². The number of hydrogen-bond acceptors (Lipinski definition) is 4. The Kier molecular flexibility index (Phi) is 6.76. The molecule has 0 atom stereocenters. The van der Waals surface area contributed by atoms with E-state index in [0.29, 0.717) is 31.8 Å². The Morgan fingerprint density at radius 1 is 1.26 bits per heavy atom. The second-order valence-electron chi connectivity index (χ2n) is 4.27. The highest BCUT2D eigenvalue weighted by atomic mass is 35.5. The largest absolute Gasteiger partial charge is 0.331 e. The number of benzene rings is 1. The van der Waals surface area contributed by atoms with E-state index in [4.69, 9.17) is 23.8 Å². The van der Waals surface area contributed by atoms with Gasteiger partial charge in [-0.25, -0.2) is 0 Å². The van der Waals surface area contributed by atoms with E-state index in [2.05, 4.69) is 15.8 Å². The summed E-state index contributed by atoms with van der Waals surface area (Å²) in [5.74, 6) is -2.43. The smallest absolute Gasteiger partial charge is 0.288 e. The predicted molar refractivity (Wildman–Crippen MR) is 99.2 cm³/mol. The number of nitrogens with one attached hydrogen (secondary N) is 2. The van der Waals surface area contributed by atoms with Crippen LogP contribution in [0.15, 0.2) is 46.4 Å². The highest BCUT2D eigenvalue weighted by Crippen LogP contribution is 2.26. The standard InChI is InChI=1S/C14H12ClF2N3S3/c1-8(11-6-7-12(15)23-11)19-20-14(21)18-9-2-4-10(5-3-9)22-13(16)17/h2-7,13H,1H3,(H2,18,20,21)/b19-8-. The van der Waals surface area contributed by atoms with Crippen LogP contribution in [0.4, 0.5) is 14.5 Å². The van der Waals surface area contributed by atoms with Gasteiger partial charge in [-0.2, -0.15) is 13.9 Å². The predicted octanol–water partition coefficient (Wildman–Crippen LogP) is 5.43. The molecule has 0 aliphatic heterocycles. The first-order chi connectivity index (χ1) is 10.9. The number of thioether (sulfide) groups is 1. The van der Waals surface area contributed by atoms with Crippen LogP contribution in [0, 0.1) is 0 Å². The fourth-order valence-electron chi connectivity index (χ4n) is 1.58. The number of thiocarbonyl (C=S) groups is 1. The molecule has 23 heavy (non-hydrogen) atoms. The molecule has 0 spiro atoms. The van der Waals surface area contributed by atoms with E-state index in [1.165, 1.54) is 11.3 Å². The Bertz CT molecular complexity index is 702. The summed E-state index contributed by atoms with van der Waals surface area (Å²) in [5, 5.41) is 7.41. The zero-order valence-electron chi connectivity index (χ0n) is 11.8. The molecule has 122 valence electrons. The number of halogens is 3. The van der Waals surface area contributed by atoms with Crippen LogP contribution in [0.2, 0.25) is 4.34 Å². The monoisotopic (exact) mass is 391 g/mol. The zero-order valence-corrected chi connectivity index (χ0v) is 15.1. The number of thiophene rings is 1. The van der Waals surface area contributed by atoms with Gasteiger partial charge in [0.25, 0.3) is 5.76 Å². The van der Waals surface area contributed by atoms with Gasteiger partial charge >= 0.3 is 0 Å². The molecular weight excluding hydrogens is 380 g/mol. The van der Waals surface area contributed by atoms with E-state index in [-0.39, 0.29) is 0 Å². The van der Waals surface area contributed by atoms with Crippen LogP contribution < -0.4 is 10.7 Å². The molecule has 1 aromatic carbocycles. The molecule has 1 heterocycles. The molecule has 9 heteroatoms. The first-order valence-corrected chi connectivity index (χ1v) is 8.84. The number of alkyl halides is 2. The molecule has 2 aromatic rings. The summed E-state index contributed by atoms with van der Waals surface area (Å²) >= 11 is 12.9. The molecule has 0 bridgehead atoms. The zero-order chi connectivity index (χ0) is 16.8. The van der Waals surface area contributed by atoms with E-state index < -0.39 is 5.76 Å². The molecule has 0 aliphatic carbocycles. The van der Waals surface area contributed by atoms with Crippen molar-refractivity contribution >= 4 is 63.4 Å². The molecule has 2 rings (SSSR count). The van der Waals surface area contributed by atoms with Crippen molar-refractivity contribution in [2.75, 3.05) is 5.32 Å². The minimum absolute atomic E-state index is 0.307. The van der Waals surface area contributed by atoms with Crippen molar-refractivity contribution < 1.29 is 8.78 Å². The lowest BCUT2D eigenvalue weighted by Gasteiger charge is -2.08. The Morgan fingerprint density at radius 2 is 1.96 bits per heavy atom. The van der Waals surface area contributed by atoms with Crippen LogP contribution in [0.25, 0.3) is 0 Å². The lowest BCUT2D eigenvalue weighted by atomic mass is 10.3. The van der Waals surface area contributed by atoms with Gasteiger partial charge in [0.2, 0.25) is 0 Å². The molecule has 2 N–H and O–H groups in total. The van der Waals surface area contributed by atoms with Crippen LogP contribution in [-0.4, -0.2) is 16.6 Å². The lowest BCUT2D eigenvalue weighted by molar-refractivity contribution is 0.252. The van der Waals surface area contributed by atoms with Gasteiger partial charge in [-0.15, -0.1) is 11.3 Å². The normalized spacial score (nSPS) is 11.6. The Morgan fingerprint density at radius 3 is 2.52 bits per heavy atom. The highest BCUT2D eigenvalue weighted by Gasteiger charge is 2.05. The number of rotatable bonds is 5. The molecule has 0 radical (unpaired) electrons. The molecule has 0 unspecified atom stereocenters. The van der Waals surface area contributed by atoms with Crippen molar-refractivity contribution in [1.29, 1.82) is 0 Å².